The van der Waals surface area contributed by atoms with Gasteiger partial charge in [0.05, 0.1) is 15.4 Å². The third kappa shape index (κ3) is 2.08. The number of halogens is 1. The maximum atomic E-state index is 11.8. The van der Waals surface area contributed by atoms with Crippen LogP contribution in [0.3, 0.4) is 0 Å². The first-order valence-corrected chi connectivity index (χ1v) is 6.22. The smallest absolute Gasteiger partial charge is 0.244 e. The number of aromatic nitrogens is 2. The standard InChI is InChI=1S/C10H14IN3O2/c1-6-10(11)7(2)14(12-6)5-9(16)13-3-8(15)4-13/h8,15H,3-5H2,1-2H3. The van der Waals surface area contributed by atoms with Crippen molar-refractivity contribution in [2.24, 2.45) is 0 Å². The summed E-state index contributed by atoms with van der Waals surface area (Å²) in [7, 11) is 0. The molecule has 1 amide bonds. The molecule has 1 fully saturated rings. The van der Waals surface area contributed by atoms with Gasteiger partial charge in [-0.15, -0.1) is 0 Å². The van der Waals surface area contributed by atoms with E-state index in [0.29, 0.717) is 13.1 Å². The summed E-state index contributed by atoms with van der Waals surface area (Å²) in [5.41, 5.74) is 1.97. The van der Waals surface area contributed by atoms with Crippen LogP contribution in [0.25, 0.3) is 0 Å². The summed E-state index contributed by atoms with van der Waals surface area (Å²) < 4.78 is 2.83. The Bertz CT molecular complexity index is 424. The first-order chi connectivity index (χ1) is 7.49. The van der Waals surface area contributed by atoms with Crippen LogP contribution in [0.2, 0.25) is 0 Å². The molecule has 1 N–H and O–H groups in total. The van der Waals surface area contributed by atoms with Gasteiger partial charge in [0.1, 0.15) is 6.54 Å². The number of β-amino-alcohol motifs (C(OH)–C–C–N with tert-alkyl or cyclic N) is 1. The molecule has 0 atom stereocenters. The van der Waals surface area contributed by atoms with Gasteiger partial charge in [0.2, 0.25) is 5.91 Å². The van der Waals surface area contributed by atoms with Crippen LogP contribution in [-0.4, -0.2) is 44.9 Å². The zero-order chi connectivity index (χ0) is 11.9. The van der Waals surface area contributed by atoms with E-state index in [4.69, 9.17) is 5.11 Å². The summed E-state index contributed by atoms with van der Waals surface area (Å²) in [5, 5.41) is 13.4. The molecule has 2 rings (SSSR count). The number of rotatable bonds is 2. The lowest BCUT2D eigenvalue weighted by Crippen LogP contribution is -2.54. The van der Waals surface area contributed by atoms with Crippen LogP contribution in [0, 0.1) is 17.4 Å². The van der Waals surface area contributed by atoms with Crippen molar-refractivity contribution in [3.05, 3.63) is 15.0 Å². The molecule has 0 aromatic carbocycles. The molecule has 0 bridgehead atoms. The minimum atomic E-state index is -0.343. The summed E-state index contributed by atoms with van der Waals surface area (Å²) >= 11 is 2.23. The number of aliphatic hydroxyl groups is 1. The third-order valence-corrected chi connectivity index (χ3v) is 4.35. The molecule has 16 heavy (non-hydrogen) atoms. The Morgan fingerprint density at radius 2 is 2.19 bits per heavy atom. The summed E-state index contributed by atoms with van der Waals surface area (Å²) in [6.45, 7) is 5.07. The molecular weight excluding hydrogens is 321 g/mol. The molecule has 0 unspecified atom stereocenters. The average molecular weight is 335 g/mol. The largest absolute Gasteiger partial charge is 0.389 e. The first-order valence-electron chi connectivity index (χ1n) is 5.14. The van der Waals surface area contributed by atoms with Gasteiger partial charge >= 0.3 is 0 Å². The number of carbonyl (C=O) groups is 1. The van der Waals surface area contributed by atoms with Crippen LogP contribution in [0.5, 0.6) is 0 Å². The van der Waals surface area contributed by atoms with E-state index in [1.165, 1.54) is 0 Å². The molecule has 1 aromatic rings. The second-order valence-corrected chi connectivity index (χ2v) is 5.17. The highest BCUT2D eigenvalue weighted by molar-refractivity contribution is 14.1. The Hall–Kier alpha value is -0.630. The number of amides is 1. The fourth-order valence-corrected chi connectivity index (χ4v) is 2.10. The maximum Gasteiger partial charge on any atom is 0.244 e. The zero-order valence-electron chi connectivity index (χ0n) is 9.27. The molecule has 0 spiro atoms. The van der Waals surface area contributed by atoms with E-state index >= 15 is 0 Å². The molecule has 1 aliphatic rings. The number of hydrogen-bond acceptors (Lipinski definition) is 3. The van der Waals surface area contributed by atoms with Gasteiger partial charge in [-0.3, -0.25) is 9.48 Å². The Balaban J connectivity index is 2.04. The van der Waals surface area contributed by atoms with E-state index in [-0.39, 0.29) is 18.6 Å². The van der Waals surface area contributed by atoms with Gasteiger partial charge in [0.25, 0.3) is 0 Å². The summed E-state index contributed by atoms with van der Waals surface area (Å²) in [4.78, 5) is 13.4. The molecule has 0 aliphatic carbocycles. The molecule has 2 heterocycles. The van der Waals surface area contributed by atoms with Crippen LogP contribution in [0.15, 0.2) is 0 Å². The van der Waals surface area contributed by atoms with Gasteiger partial charge < -0.3 is 10.0 Å². The maximum absolute atomic E-state index is 11.8. The second kappa shape index (κ2) is 4.33. The Kier molecular flexibility index (Phi) is 3.20. The van der Waals surface area contributed by atoms with E-state index in [0.717, 1.165) is 15.0 Å². The van der Waals surface area contributed by atoms with Gasteiger partial charge in [-0.05, 0) is 36.4 Å². The lowest BCUT2D eigenvalue weighted by atomic mass is 10.2. The highest BCUT2D eigenvalue weighted by atomic mass is 127. The topological polar surface area (TPSA) is 58.4 Å². The SMILES string of the molecule is Cc1nn(CC(=O)N2CC(O)C2)c(C)c1I. The van der Waals surface area contributed by atoms with Crippen LogP contribution in [0.1, 0.15) is 11.4 Å². The normalized spacial score (nSPS) is 16.4. The quantitative estimate of drug-likeness (QED) is 0.792. The molecule has 1 aliphatic heterocycles. The van der Waals surface area contributed by atoms with Crippen LogP contribution < -0.4 is 0 Å². The van der Waals surface area contributed by atoms with Crippen molar-refractivity contribution < 1.29 is 9.90 Å². The van der Waals surface area contributed by atoms with E-state index in [1.807, 2.05) is 13.8 Å². The number of likely N-dealkylation sites (tertiary alicyclic amines) is 1. The number of hydrogen-bond donors (Lipinski definition) is 1. The number of carbonyl (C=O) groups excluding carboxylic acids is 1. The Labute approximate surface area is 108 Å². The van der Waals surface area contributed by atoms with Gasteiger partial charge in [-0.1, -0.05) is 0 Å². The summed E-state index contributed by atoms with van der Waals surface area (Å²) in [6.07, 6.45) is -0.343. The fraction of sp³-hybridized carbons (Fsp3) is 0.600. The summed E-state index contributed by atoms with van der Waals surface area (Å²) in [5.74, 6) is 0.0206. The molecular formula is C10H14IN3O2. The van der Waals surface area contributed by atoms with Gasteiger partial charge in [0.15, 0.2) is 0 Å². The summed E-state index contributed by atoms with van der Waals surface area (Å²) in [6, 6.07) is 0. The second-order valence-electron chi connectivity index (χ2n) is 4.09. The van der Waals surface area contributed by atoms with Crippen molar-refractivity contribution in [1.82, 2.24) is 14.7 Å². The predicted octanol–water partition coefficient (Wildman–Crippen LogP) is 0.308. The Morgan fingerprint density at radius 3 is 2.62 bits per heavy atom. The monoisotopic (exact) mass is 335 g/mol. The minimum Gasteiger partial charge on any atom is -0.389 e. The van der Waals surface area contributed by atoms with Gasteiger partial charge in [-0.2, -0.15) is 5.10 Å². The van der Waals surface area contributed by atoms with Crippen LogP contribution >= 0.6 is 22.6 Å². The van der Waals surface area contributed by atoms with Crippen molar-refractivity contribution in [2.75, 3.05) is 13.1 Å². The van der Waals surface area contributed by atoms with E-state index < -0.39 is 0 Å². The predicted molar refractivity (Wildman–Crippen MR) is 67.0 cm³/mol. The fourth-order valence-electron chi connectivity index (χ4n) is 1.72. The lowest BCUT2D eigenvalue weighted by molar-refractivity contribution is -0.142. The van der Waals surface area contributed by atoms with E-state index in [2.05, 4.69) is 27.7 Å². The number of aliphatic hydroxyl groups excluding tert-OH is 1. The van der Waals surface area contributed by atoms with E-state index in [9.17, 15) is 4.79 Å². The highest BCUT2D eigenvalue weighted by Gasteiger charge is 2.29. The third-order valence-electron chi connectivity index (χ3n) is 2.79. The number of aryl methyl sites for hydroxylation is 1. The number of nitrogens with zero attached hydrogens (tertiary/aromatic N) is 3. The zero-order valence-corrected chi connectivity index (χ0v) is 11.4. The van der Waals surface area contributed by atoms with E-state index in [1.54, 1.807) is 9.58 Å². The average Bonchev–Trinajstić information content (AvgIpc) is 2.41. The van der Waals surface area contributed by atoms with Crippen molar-refractivity contribution in [1.29, 1.82) is 0 Å². The van der Waals surface area contributed by atoms with Crippen molar-refractivity contribution in [3.63, 3.8) is 0 Å². The van der Waals surface area contributed by atoms with Crippen molar-refractivity contribution in [2.45, 2.75) is 26.5 Å². The molecule has 0 radical (unpaired) electrons. The van der Waals surface area contributed by atoms with Crippen LogP contribution in [0.4, 0.5) is 0 Å². The molecule has 1 aromatic heterocycles. The van der Waals surface area contributed by atoms with Crippen LogP contribution in [-0.2, 0) is 11.3 Å². The van der Waals surface area contributed by atoms with Gasteiger partial charge in [-0.25, -0.2) is 0 Å². The molecule has 1 saturated heterocycles. The molecule has 0 saturated carbocycles. The minimum absolute atomic E-state index is 0.0206. The van der Waals surface area contributed by atoms with Crippen molar-refractivity contribution in [3.8, 4) is 0 Å². The first kappa shape index (κ1) is 11.8. The molecule has 5 nitrogen and oxygen atoms in total. The highest BCUT2D eigenvalue weighted by Crippen LogP contribution is 2.16. The molecule has 6 heteroatoms. The molecule has 88 valence electrons. The van der Waals surface area contributed by atoms with Gasteiger partial charge in [0, 0.05) is 18.8 Å². The van der Waals surface area contributed by atoms with Crippen molar-refractivity contribution >= 4 is 28.5 Å². The Morgan fingerprint density at radius 1 is 1.56 bits per heavy atom. The lowest BCUT2D eigenvalue weighted by Gasteiger charge is -2.35.